The van der Waals surface area contributed by atoms with Crippen LogP contribution in [0.4, 0.5) is 0 Å². The number of ether oxygens (including phenoxy) is 2. The molecule has 0 aromatic heterocycles. The summed E-state index contributed by atoms with van der Waals surface area (Å²) in [5.41, 5.74) is 3.51. The van der Waals surface area contributed by atoms with E-state index in [0.717, 1.165) is 41.7 Å². The maximum Gasteiger partial charge on any atom is 0.360 e. The van der Waals surface area contributed by atoms with Gasteiger partial charge in [-0.2, -0.15) is 0 Å². The van der Waals surface area contributed by atoms with Crippen LogP contribution in [0.2, 0.25) is 0 Å². The fourth-order valence-electron chi connectivity index (χ4n) is 4.03. The van der Waals surface area contributed by atoms with Crippen molar-refractivity contribution in [2.75, 3.05) is 14.2 Å². The summed E-state index contributed by atoms with van der Waals surface area (Å²) < 4.78 is 10.9. The number of methoxy groups -OCH3 is 1. The Kier molecular flexibility index (Phi) is 10.4. The molecule has 0 bridgehead atoms. The fourth-order valence-corrected chi connectivity index (χ4v) is 4.03. The highest BCUT2D eigenvalue weighted by molar-refractivity contribution is 6.43. The van der Waals surface area contributed by atoms with E-state index >= 15 is 0 Å². The van der Waals surface area contributed by atoms with Crippen LogP contribution in [0.1, 0.15) is 60.8 Å². The molecule has 0 saturated carbocycles. The Balaban J connectivity index is 1.47. The molecule has 10 nitrogen and oxygen atoms in total. The summed E-state index contributed by atoms with van der Waals surface area (Å²) >= 11 is 0. The van der Waals surface area contributed by atoms with Gasteiger partial charge in [0.1, 0.15) is 19.5 Å². The molecule has 0 N–H and O–H groups in total. The van der Waals surface area contributed by atoms with Gasteiger partial charge in [0.15, 0.2) is 5.71 Å². The third-order valence-electron chi connectivity index (χ3n) is 6.00. The van der Waals surface area contributed by atoms with Crippen molar-refractivity contribution in [2.24, 2.45) is 5.16 Å². The maximum atomic E-state index is 12.2. The van der Waals surface area contributed by atoms with Crippen LogP contribution in [0, 0.1) is 6.92 Å². The van der Waals surface area contributed by atoms with Crippen LogP contribution in [0.25, 0.3) is 0 Å². The molecule has 2 aromatic rings. The molecule has 0 spiro atoms. The summed E-state index contributed by atoms with van der Waals surface area (Å²) in [6.45, 7) is 2.19. The number of carbonyl (C=O) groups is 4. The average molecular weight is 525 g/mol. The van der Waals surface area contributed by atoms with E-state index in [4.69, 9.17) is 19.1 Å². The van der Waals surface area contributed by atoms with E-state index in [9.17, 15) is 19.2 Å². The number of carbonyl (C=O) groups excluding carboxylic acids is 4. The van der Waals surface area contributed by atoms with Gasteiger partial charge in [0.2, 0.25) is 0 Å². The molecule has 1 aliphatic rings. The van der Waals surface area contributed by atoms with Crippen molar-refractivity contribution in [2.45, 2.75) is 58.5 Å². The van der Waals surface area contributed by atoms with Crippen molar-refractivity contribution in [3.8, 4) is 5.75 Å². The van der Waals surface area contributed by atoms with Crippen LogP contribution in [0.15, 0.2) is 47.6 Å². The van der Waals surface area contributed by atoms with Crippen molar-refractivity contribution in [1.29, 1.82) is 0 Å². The van der Waals surface area contributed by atoms with Gasteiger partial charge in [0, 0.05) is 24.8 Å². The van der Waals surface area contributed by atoms with Crippen LogP contribution in [-0.4, -0.2) is 48.7 Å². The van der Waals surface area contributed by atoms with Crippen LogP contribution in [0.3, 0.4) is 0 Å². The van der Waals surface area contributed by atoms with Crippen LogP contribution in [-0.2, 0) is 46.6 Å². The van der Waals surface area contributed by atoms with Gasteiger partial charge in [0.25, 0.3) is 11.8 Å². The Morgan fingerprint density at radius 2 is 1.71 bits per heavy atom. The Morgan fingerprint density at radius 3 is 2.39 bits per heavy atom. The molecule has 202 valence electrons. The predicted molar refractivity (Wildman–Crippen MR) is 137 cm³/mol. The largest absolute Gasteiger partial charge is 0.489 e. The van der Waals surface area contributed by atoms with Gasteiger partial charge in [-0.25, -0.2) is 9.59 Å². The number of rotatable bonds is 13. The molecule has 2 amide bonds. The van der Waals surface area contributed by atoms with Crippen molar-refractivity contribution in [3.63, 3.8) is 0 Å². The van der Waals surface area contributed by atoms with Crippen LogP contribution >= 0.6 is 0 Å². The number of unbranched alkanes of at least 4 members (excludes halogenated alkanes) is 2. The minimum absolute atomic E-state index is 0.0626. The number of amides is 2. The smallest absolute Gasteiger partial charge is 0.360 e. The van der Waals surface area contributed by atoms with Gasteiger partial charge in [-0.15, -0.1) is 5.06 Å². The zero-order valence-electron chi connectivity index (χ0n) is 21.9. The molecule has 2 aromatic carbocycles. The zero-order valence-corrected chi connectivity index (χ0v) is 21.9. The second-order valence-corrected chi connectivity index (χ2v) is 8.77. The first-order valence-corrected chi connectivity index (χ1v) is 12.4. The lowest BCUT2D eigenvalue weighted by atomic mass is 10.0. The van der Waals surface area contributed by atoms with Gasteiger partial charge in [-0.05, 0) is 48.9 Å². The molecule has 3 rings (SSSR count). The summed E-state index contributed by atoms with van der Waals surface area (Å²) in [6.07, 6.45) is 3.43. The summed E-state index contributed by atoms with van der Waals surface area (Å²) in [5.74, 6) is -1.39. The van der Waals surface area contributed by atoms with E-state index < -0.39 is 23.8 Å². The maximum absolute atomic E-state index is 12.2. The standard InChI is InChI=1S/C28H32N2O8/c1-19-17-20(9-5-4-6-12-26(33)38-30-24(31)15-16-25(30)32)13-14-23(19)37-18-21-10-7-8-11-22(21)27(29-36-3)28(34)35-2/h7-8,10-11,13-14,17H,4-6,9,12,15-16,18H2,1-3H3/b29-27+. The second-order valence-electron chi connectivity index (χ2n) is 8.77. The molecule has 0 unspecified atom stereocenters. The molecule has 1 heterocycles. The first-order valence-electron chi connectivity index (χ1n) is 12.4. The van der Waals surface area contributed by atoms with E-state index in [1.165, 1.54) is 14.2 Å². The average Bonchev–Trinajstić information content (AvgIpc) is 3.23. The van der Waals surface area contributed by atoms with E-state index in [-0.39, 0.29) is 31.6 Å². The lowest BCUT2D eigenvalue weighted by Crippen LogP contribution is -2.31. The van der Waals surface area contributed by atoms with Gasteiger partial charge in [0.05, 0.1) is 7.11 Å². The van der Waals surface area contributed by atoms with Gasteiger partial charge >= 0.3 is 11.9 Å². The summed E-state index contributed by atoms with van der Waals surface area (Å²) in [7, 11) is 2.65. The lowest BCUT2D eigenvalue weighted by Gasteiger charge is -2.14. The van der Waals surface area contributed by atoms with Crippen molar-refractivity contribution < 1.29 is 38.3 Å². The third kappa shape index (κ3) is 7.64. The number of hydroxylamine groups is 2. The fraction of sp³-hybridized carbons (Fsp3) is 0.393. The molecule has 10 heteroatoms. The Hall–Kier alpha value is -4.21. The molecule has 1 aliphatic heterocycles. The number of oxime groups is 1. The SMILES string of the molecule is CO/N=C(/C(=O)OC)c1ccccc1COc1ccc(CCCCCC(=O)ON2C(=O)CCC2=O)cc1C. The number of benzene rings is 2. The highest BCUT2D eigenvalue weighted by Gasteiger charge is 2.32. The number of esters is 1. The normalized spacial score (nSPS) is 13.4. The monoisotopic (exact) mass is 524 g/mol. The number of nitrogens with zero attached hydrogens (tertiary/aromatic N) is 2. The minimum Gasteiger partial charge on any atom is -0.489 e. The van der Waals surface area contributed by atoms with Crippen molar-refractivity contribution in [3.05, 3.63) is 64.7 Å². The lowest BCUT2D eigenvalue weighted by molar-refractivity contribution is -0.197. The Morgan fingerprint density at radius 1 is 0.974 bits per heavy atom. The van der Waals surface area contributed by atoms with E-state index in [1.54, 1.807) is 12.1 Å². The highest BCUT2D eigenvalue weighted by atomic mass is 16.7. The zero-order chi connectivity index (χ0) is 27.5. The molecular weight excluding hydrogens is 492 g/mol. The molecule has 0 radical (unpaired) electrons. The van der Waals surface area contributed by atoms with Gasteiger partial charge in [-0.1, -0.05) is 48.0 Å². The summed E-state index contributed by atoms with van der Waals surface area (Å²) in [4.78, 5) is 56.8. The third-order valence-corrected chi connectivity index (χ3v) is 6.00. The molecular formula is C28H32N2O8. The van der Waals surface area contributed by atoms with Gasteiger partial charge < -0.3 is 19.1 Å². The minimum atomic E-state index is -0.603. The second kappa shape index (κ2) is 13.9. The van der Waals surface area contributed by atoms with Crippen LogP contribution in [0.5, 0.6) is 5.75 Å². The topological polar surface area (TPSA) is 121 Å². The first-order chi connectivity index (χ1) is 18.3. The predicted octanol–water partition coefficient (Wildman–Crippen LogP) is 3.81. The molecule has 1 fully saturated rings. The van der Waals surface area contributed by atoms with E-state index in [0.29, 0.717) is 17.0 Å². The highest BCUT2D eigenvalue weighted by Crippen LogP contribution is 2.23. The van der Waals surface area contributed by atoms with Crippen LogP contribution < -0.4 is 4.74 Å². The molecule has 0 aliphatic carbocycles. The molecule has 0 atom stereocenters. The molecule has 1 saturated heterocycles. The quantitative estimate of drug-likeness (QED) is 0.128. The Bertz CT molecular complexity index is 1190. The van der Waals surface area contributed by atoms with E-state index in [2.05, 4.69) is 11.2 Å². The van der Waals surface area contributed by atoms with Gasteiger partial charge in [-0.3, -0.25) is 9.59 Å². The first kappa shape index (κ1) is 28.4. The summed E-state index contributed by atoms with van der Waals surface area (Å²) in [5, 5.41) is 4.40. The number of hydrogen-bond donors (Lipinski definition) is 0. The number of aryl methyl sites for hydroxylation is 2. The summed E-state index contributed by atoms with van der Waals surface area (Å²) in [6, 6.07) is 13.2. The van der Waals surface area contributed by atoms with Crippen molar-refractivity contribution in [1.82, 2.24) is 5.06 Å². The van der Waals surface area contributed by atoms with E-state index in [1.807, 2.05) is 31.2 Å². The molecule has 38 heavy (non-hydrogen) atoms. The number of imide groups is 1. The Labute approximate surface area is 221 Å². The van der Waals surface area contributed by atoms with Crippen molar-refractivity contribution >= 4 is 29.5 Å². The number of hydrogen-bond acceptors (Lipinski definition) is 9.